The molecule has 10 heteroatoms. The molecule has 1 N–H and O–H groups in total. The van der Waals surface area contributed by atoms with Crippen molar-refractivity contribution in [2.45, 2.75) is 57.7 Å². The molecule has 26 heavy (non-hydrogen) atoms. The number of carboxylic acids is 1. The summed E-state index contributed by atoms with van der Waals surface area (Å²) in [5.74, 6) is -1.89. The van der Waals surface area contributed by atoms with E-state index in [2.05, 4.69) is 17.0 Å². The maximum absolute atomic E-state index is 10.6. The molecule has 2 fully saturated rings. The molecule has 3 atom stereocenters. The Morgan fingerprint density at radius 3 is 2.69 bits per heavy atom. The summed E-state index contributed by atoms with van der Waals surface area (Å²) in [6, 6.07) is 2.46. The van der Waals surface area contributed by atoms with Gasteiger partial charge in [-0.15, -0.1) is 0 Å². The molecule has 2 bridgehead atoms. The highest BCUT2D eigenvalue weighted by molar-refractivity contribution is 5.73. The number of carboxylic acid groups (broad SMARTS) is 1. The summed E-state index contributed by atoms with van der Waals surface area (Å²) in [5, 5.41) is 11.2. The minimum absolute atomic E-state index is 0.209. The van der Waals surface area contributed by atoms with Gasteiger partial charge in [-0.25, -0.2) is 4.79 Å². The van der Waals surface area contributed by atoms with Crippen LogP contribution in [0.2, 0.25) is 0 Å². The van der Waals surface area contributed by atoms with Crippen molar-refractivity contribution in [3.63, 3.8) is 0 Å². The smallest absolute Gasteiger partial charge is 0.475 e. The van der Waals surface area contributed by atoms with Gasteiger partial charge in [-0.2, -0.15) is 13.2 Å². The number of aryl methyl sites for hydroxylation is 1. The van der Waals surface area contributed by atoms with E-state index in [4.69, 9.17) is 23.9 Å². The number of aromatic nitrogens is 1. The fraction of sp³-hybridized carbons (Fsp3) is 0.750. The van der Waals surface area contributed by atoms with Crippen molar-refractivity contribution < 1.29 is 37.1 Å². The minimum Gasteiger partial charge on any atom is -0.475 e. The summed E-state index contributed by atoms with van der Waals surface area (Å²) in [7, 11) is 0. The first-order chi connectivity index (χ1) is 12.2. The van der Waals surface area contributed by atoms with Crippen LogP contribution >= 0.6 is 0 Å². The van der Waals surface area contributed by atoms with Crippen LogP contribution in [0.3, 0.4) is 0 Å². The number of carbonyl (C=O) groups is 1. The van der Waals surface area contributed by atoms with Crippen LogP contribution < -0.4 is 0 Å². The number of rotatable bonds is 4. The number of ether oxygens (including phenoxy) is 2. The SMILES string of the molecule is CCOC1C2CCC1N(Cc1cc(C)on1)CCO2.O=C(O)C(F)(F)F. The monoisotopic (exact) mass is 380 g/mol. The average molecular weight is 380 g/mol. The van der Waals surface area contributed by atoms with Crippen molar-refractivity contribution in [3.8, 4) is 0 Å². The molecule has 1 aromatic heterocycles. The lowest BCUT2D eigenvalue weighted by atomic mass is 10.1. The Hall–Kier alpha value is -1.65. The van der Waals surface area contributed by atoms with E-state index in [9.17, 15) is 13.2 Å². The predicted molar refractivity (Wildman–Crippen MR) is 83.5 cm³/mol. The van der Waals surface area contributed by atoms with Crippen molar-refractivity contribution in [1.29, 1.82) is 0 Å². The normalized spacial score (nSPS) is 26.1. The summed E-state index contributed by atoms with van der Waals surface area (Å²) in [6.45, 7) is 7.27. The fourth-order valence-electron chi connectivity index (χ4n) is 3.27. The van der Waals surface area contributed by atoms with Gasteiger partial charge in [0.05, 0.1) is 24.5 Å². The quantitative estimate of drug-likeness (QED) is 0.858. The Morgan fingerprint density at radius 1 is 1.46 bits per heavy atom. The van der Waals surface area contributed by atoms with Crippen LogP contribution in [0.5, 0.6) is 0 Å². The van der Waals surface area contributed by atoms with Gasteiger partial charge in [0, 0.05) is 31.8 Å². The molecule has 1 saturated heterocycles. The maximum atomic E-state index is 10.6. The van der Waals surface area contributed by atoms with Crippen molar-refractivity contribution in [2.24, 2.45) is 0 Å². The maximum Gasteiger partial charge on any atom is 0.490 e. The van der Waals surface area contributed by atoms with Gasteiger partial charge in [0.15, 0.2) is 0 Å². The van der Waals surface area contributed by atoms with E-state index in [1.165, 1.54) is 0 Å². The van der Waals surface area contributed by atoms with E-state index in [0.717, 1.165) is 50.6 Å². The summed E-state index contributed by atoms with van der Waals surface area (Å²) in [5.41, 5.74) is 0.998. The molecule has 3 unspecified atom stereocenters. The number of nitrogens with zero attached hydrogens (tertiary/aromatic N) is 2. The Morgan fingerprint density at radius 2 is 2.15 bits per heavy atom. The predicted octanol–water partition coefficient (Wildman–Crippen LogP) is 2.38. The molecule has 2 heterocycles. The first-order valence-electron chi connectivity index (χ1n) is 8.42. The Kier molecular flexibility index (Phi) is 7.01. The number of halogens is 3. The zero-order chi connectivity index (χ0) is 19.3. The van der Waals surface area contributed by atoms with Gasteiger partial charge in [0.2, 0.25) is 0 Å². The summed E-state index contributed by atoms with van der Waals surface area (Å²) in [6.07, 6.45) is -2.36. The minimum atomic E-state index is -5.08. The van der Waals surface area contributed by atoms with Gasteiger partial charge >= 0.3 is 12.1 Å². The second kappa shape index (κ2) is 8.83. The second-order valence-electron chi connectivity index (χ2n) is 6.18. The van der Waals surface area contributed by atoms with E-state index in [-0.39, 0.29) is 12.2 Å². The molecule has 1 aromatic rings. The molecule has 1 aliphatic carbocycles. The Bertz CT molecular complexity index is 593. The summed E-state index contributed by atoms with van der Waals surface area (Å²) >= 11 is 0. The van der Waals surface area contributed by atoms with Gasteiger partial charge in [-0.3, -0.25) is 4.90 Å². The Labute approximate surface area is 149 Å². The molecule has 1 aliphatic heterocycles. The summed E-state index contributed by atoms with van der Waals surface area (Å²) in [4.78, 5) is 11.3. The number of alkyl halides is 3. The molecular formula is C16H23F3N2O5. The van der Waals surface area contributed by atoms with Crippen LogP contribution in [-0.2, 0) is 20.8 Å². The first kappa shape index (κ1) is 20.7. The van der Waals surface area contributed by atoms with Crippen molar-refractivity contribution in [2.75, 3.05) is 19.8 Å². The molecule has 0 amide bonds. The van der Waals surface area contributed by atoms with Gasteiger partial charge in [0.1, 0.15) is 5.76 Å². The molecule has 2 aliphatic rings. The van der Waals surface area contributed by atoms with Crippen LogP contribution in [0, 0.1) is 6.92 Å². The average Bonchev–Trinajstić information content (AvgIpc) is 3.07. The van der Waals surface area contributed by atoms with Crippen LogP contribution in [0.15, 0.2) is 10.6 Å². The van der Waals surface area contributed by atoms with Crippen molar-refractivity contribution in [1.82, 2.24) is 10.1 Å². The van der Waals surface area contributed by atoms with E-state index in [1.807, 2.05) is 13.0 Å². The fourth-order valence-corrected chi connectivity index (χ4v) is 3.27. The van der Waals surface area contributed by atoms with E-state index in [1.54, 1.807) is 0 Å². The van der Waals surface area contributed by atoms with Gasteiger partial charge < -0.3 is 19.1 Å². The molecule has 0 spiro atoms. The van der Waals surface area contributed by atoms with Gasteiger partial charge in [0.25, 0.3) is 0 Å². The van der Waals surface area contributed by atoms with Crippen LogP contribution in [0.4, 0.5) is 13.2 Å². The van der Waals surface area contributed by atoms with Crippen molar-refractivity contribution >= 4 is 5.97 Å². The lowest BCUT2D eigenvalue weighted by Gasteiger charge is -2.30. The molecular weight excluding hydrogens is 357 g/mol. The summed E-state index contributed by atoms with van der Waals surface area (Å²) < 4.78 is 48.7. The molecule has 3 rings (SSSR count). The number of fused-ring (bicyclic) bond motifs is 2. The highest BCUT2D eigenvalue weighted by atomic mass is 19.4. The third kappa shape index (κ3) is 5.42. The lowest BCUT2D eigenvalue weighted by molar-refractivity contribution is -0.192. The lowest BCUT2D eigenvalue weighted by Crippen LogP contribution is -2.42. The highest BCUT2D eigenvalue weighted by Crippen LogP contribution is 2.32. The molecule has 1 saturated carbocycles. The van der Waals surface area contributed by atoms with E-state index in [0.29, 0.717) is 6.04 Å². The largest absolute Gasteiger partial charge is 0.490 e. The molecule has 148 valence electrons. The van der Waals surface area contributed by atoms with Crippen LogP contribution in [0.1, 0.15) is 31.2 Å². The van der Waals surface area contributed by atoms with E-state index < -0.39 is 12.1 Å². The number of hydrogen-bond donors (Lipinski definition) is 1. The van der Waals surface area contributed by atoms with Crippen molar-refractivity contribution in [3.05, 3.63) is 17.5 Å². The molecule has 0 aromatic carbocycles. The van der Waals surface area contributed by atoms with Gasteiger partial charge in [-0.1, -0.05) is 5.16 Å². The number of hydrogen-bond acceptors (Lipinski definition) is 6. The zero-order valence-electron chi connectivity index (χ0n) is 14.7. The topological polar surface area (TPSA) is 85.0 Å². The molecule has 0 radical (unpaired) electrons. The standard InChI is InChI=1S/C14H22N2O3.C2HF3O2/c1-3-17-14-12-4-5-13(14)18-7-6-16(12)9-11-8-10(2)19-15-11;3-2(4,5)1(6)7/h8,12-14H,3-7,9H2,1-2H3;(H,6,7). The highest BCUT2D eigenvalue weighted by Gasteiger charge is 2.43. The molecule has 7 nitrogen and oxygen atoms in total. The zero-order valence-corrected chi connectivity index (χ0v) is 14.7. The van der Waals surface area contributed by atoms with Crippen LogP contribution in [-0.4, -0.2) is 65.3 Å². The van der Waals surface area contributed by atoms with Crippen LogP contribution in [0.25, 0.3) is 0 Å². The number of aliphatic carboxylic acids is 1. The third-order valence-corrected chi connectivity index (χ3v) is 4.32. The second-order valence-corrected chi connectivity index (χ2v) is 6.18. The first-order valence-corrected chi connectivity index (χ1v) is 8.42. The van der Waals surface area contributed by atoms with E-state index >= 15 is 0 Å². The third-order valence-electron chi connectivity index (χ3n) is 4.32. The Balaban J connectivity index is 0.000000298. The van der Waals surface area contributed by atoms with Gasteiger partial charge in [-0.05, 0) is 26.7 Å².